The average Bonchev–Trinajstić information content (AvgIpc) is 3.99. The van der Waals surface area contributed by atoms with Gasteiger partial charge in [-0.1, -0.05) is 43.4 Å². The number of aliphatic hydroxyl groups excluding tert-OH is 2. The average molecular weight is 953 g/mol. The number of nitrogens with one attached hydrogen (secondary N) is 4. The van der Waals surface area contributed by atoms with Gasteiger partial charge < -0.3 is 61.0 Å². The molecule has 9 rings (SSSR count). The minimum Gasteiger partial charge on any atom is -0.508 e. The Labute approximate surface area is 410 Å². The number of allylic oxidation sites excluding steroid dienone is 3. The van der Waals surface area contributed by atoms with Crippen molar-refractivity contribution in [3.05, 3.63) is 137 Å². The lowest BCUT2D eigenvalue weighted by molar-refractivity contribution is -0.134. The van der Waals surface area contributed by atoms with Crippen LogP contribution in [-0.2, 0) is 17.6 Å². The van der Waals surface area contributed by atoms with Crippen LogP contribution < -0.4 is 25.4 Å². The maximum atomic E-state index is 16.3. The normalized spacial score (nSPS) is 26.2. The zero-order valence-electron chi connectivity index (χ0n) is 40.3. The minimum absolute atomic E-state index is 0.00229. The highest BCUT2D eigenvalue weighted by Gasteiger charge is 2.58. The second-order valence-electron chi connectivity index (χ2n) is 20.2. The Hall–Kier alpha value is -6.41. The number of methoxy groups -OCH3 is 1. The Balaban J connectivity index is 1.22. The van der Waals surface area contributed by atoms with Crippen molar-refractivity contribution in [2.75, 3.05) is 39.2 Å². The van der Waals surface area contributed by atoms with E-state index in [1.165, 1.54) is 13.2 Å². The molecule has 0 amide bonds. The number of hydrogen-bond donors (Lipinski definition) is 10. The second-order valence-corrected chi connectivity index (χ2v) is 20.2. The summed E-state index contributed by atoms with van der Waals surface area (Å²) >= 11 is 0. The highest BCUT2D eigenvalue weighted by Crippen LogP contribution is 2.58. The predicted molar refractivity (Wildman–Crippen MR) is 271 cm³/mol. The first kappa shape index (κ1) is 48.6. The number of aryl methyl sites for hydroxylation is 1. The quantitative estimate of drug-likeness (QED) is 0.0397. The summed E-state index contributed by atoms with van der Waals surface area (Å²) in [5.74, 6) is -1.35. The van der Waals surface area contributed by atoms with Gasteiger partial charge in [0.05, 0.1) is 31.8 Å². The molecule has 5 aromatic rings. The van der Waals surface area contributed by atoms with Crippen LogP contribution in [0.1, 0.15) is 86.1 Å². The molecular weight excluding hydrogens is 885 g/mol. The number of aromatic nitrogens is 1. The Kier molecular flexibility index (Phi) is 14.5. The van der Waals surface area contributed by atoms with Crippen LogP contribution in [0.15, 0.2) is 115 Å². The van der Waals surface area contributed by atoms with Gasteiger partial charge in [0.25, 0.3) is 0 Å². The smallest absolute Gasteiger partial charge is 0.200 e. The molecule has 1 saturated carbocycles. The van der Waals surface area contributed by atoms with E-state index in [1.807, 2.05) is 43.6 Å². The fraction of sp³-hybridized carbons (Fsp3) is 0.421. The highest BCUT2D eigenvalue weighted by atomic mass is 16.5. The van der Waals surface area contributed by atoms with Gasteiger partial charge in [-0.05, 0) is 170 Å². The van der Waals surface area contributed by atoms with Crippen LogP contribution >= 0.6 is 0 Å². The summed E-state index contributed by atoms with van der Waals surface area (Å²) in [6, 6.07) is 21.7. The summed E-state index contributed by atoms with van der Waals surface area (Å²) in [4.78, 5) is 19.6. The Morgan fingerprint density at radius 1 is 0.971 bits per heavy atom. The van der Waals surface area contributed by atoms with Crippen molar-refractivity contribution in [1.82, 2.24) is 15.6 Å². The number of carbonyl (C=O) groups is 1. The summed E-state index contributed by atoms with van der Waals surface area (Å²) in [6.45, 7) is 3.42. The van der Waals surface area contributed by atoms with Gasteiger partial charge in [-0.2, -0.15) is 0 Å². The van der Waals surface area contributed by atoms with Gasteiger partial charge in [0.2, 0.25) is 5.75 Å². The predicted octanol–water partition coefficient (Wildman–Crippen LogP) is 8.82. The third kappa shape index (κ3) is 9.97. The molecule has 1 spiro atoms. The number of benzene rings is 4. The monoisotopic (exact) mass is 952 g/mol. The number of phenols is 4. The molecule has 1 fully saturated rings. The number of likely N-dealkylation sites (N-methyl/N-ethyl adjacent to an activating group) is 1. The number of hydrogen-bond acceptors (Lipinski definition) is 12. The van der Waals surface area contributed by atoms with Crippen molar-refractivity contribution in [1.29, 1.82) is 0 Å². The van der Waals surface area contributed by atoms with Gasteiger partial charge in [-0.25, -0.2) is 0 Å². The van der Waals surface area contributed by atoms with E-state index in [0.717, 1.165) is 51.7 Å². The lowest BCUT2D eigenvalue weighted by atomic mass is 9.57. The van der Waals surface area contributed by atoms with E-state index >= 15 is 4.79 Å². The van der Waals surface area contributed by atoms with E-state index in [0.29, 0.717) is 74.9 Å². The molecule has 2 bridgehead atoms. The third-order valence-corrected chi connectivity index (χ3v) is 15.6. The van der Waals surface area contributed by atoms with Crippen LogP contribution in [0.4, 0.5) is 5.69 Å². The van der Waals surface area contributed by atoms with Gasteiger partial charge in [-0.15, -0.1) is 0 Å². The molecule has 3 heterocycles. The van der Waals surface area contributed by atoms with Gasteiger partial charge >= 0.3 is 0 Å². The molecule has 2 aliphatic carbocycles. The number of ketones is 1. The van der Waals surface area contributed by atoms with Crippen molar-refractivity contribution in [2.45, 2.75) is 88.8 Å². The van der Waals surface area contributed by atoms with Crippen molar-refractivity contribution in [3.8, 4) is 34.5 Å². The molecule has 13 heteroatoms. The Morgan fingerprint density at radius 2 is 1.83 bits per heavy atom. The molecular formula is C57H68N4O9. The Bertz CT molecular complexity index is 2770. The van der Waals surface area contributed by atoms with Crippen molar-refractivity contribution >= 4 is 22.2 Å². The van der Waals surface area contributed by atoms with Crippen LogP contribution in [-0.4, -0.2) is 87.5 Å². The van der Waals surface area contributed by atoms with E-state index in [9.17, 15) is 30.6 Å². The van der Waals surface area contributed by atoms with Gasteiger partial charge in [-0.3, -0.25) is 4.79 Å². The molecule has 9 unspecified atom stereocenters. The largest absolute Gasteiger partial charge is 0.508 e. The van der Waals surface area contributed by atoms with Crippen molar-refractivity contribution in [3.63, 3.8) is 0 Å². The number of aromatic hydroxyl groups is 4. The first-order valence-corrected chi connectivity index (χ1v) is 24.9. The number of phenolic OH excluding ortho intramolecular Hbond substituents is 4. The Morgan fingerprint density at radius 3 is 2.61 bits per heavy atom. The lowest BCUT2D eigenvalue weighted by Gasteiger charge is -2.46. The summed E-state index contributed by atoms with van der Waals surface area (Å²) in [5, 5.41) is 81.7. The molecule has 70 heavy (non-hydrogen) atoms. The van der Waals surface area contributed by atoms with Crippen LogP contribution in [0.2, 0.25) is 0 Å². The third-order valence-electron chi connectivity index (χ3n) is 15.6. The number of carbonyl (C=O) groups excluding carboxylic acids is 1. The van der Waals surface area contributed by atoms with E-state index in [-0.39, 0.29) is 59.2 Å². The molecule has 4 aromatic carbocycles. The number of rotatable bonds is 13. The molecule has 0 radical (unpaired) electrons. The fourth-order valence-electron chi connectivity index (χ4n) is 12.3. The van der Waals surface area contributed by atoms with Crippen LogP contribution in [0.5, 0.6) is 34.5 Å². The van der Waals surface area contributed by atoms with Crippen molar-refractivity contribution < 1.29 is 44.9 Å². The van der Waals surface area contributed by atoms with E-state index in [2.05, 4.69) is 52.2 Å². The van der Waals surface area contributed by atoms with Gasteiger partial charge in [0.1, 0.15) is 17.4 Å². The molecule has 9 atom stereocenters. The molecule has 2 aliphatic heterocycles. The number of ether oxygens (including phenoxy) is 2. The number of Topliss-reactive ketones (excluding diaryl/α,β-unsaturated/α-hetero) is 1. The standard InChI is InChI=1S/C57H68N4O9/c1-33-6-4-7-35(22-33)32-70-52-28-38(27-50(67)56(52)68)37-24-39(31-58-2)54-43-13-12-42(62)25-36(43)11-14-45(54)61-53-29-40(18-21-60-53)57(19-17-46(63)44(57)30-41-8-5-20-59-41)55(49(66)26-37)48(65)16-10-34-9-15-47(64)51(23-34)69-3/h4-5,7-9,11-15,18,20,23,25,27-29,33,35,37,39,44,46,48,55,58-65,67-68H,6,10,16-17,19,21-22,24,26,30-32H2,1-3H3. The number of dihydropyridines is 1. The van der Waals surface area contributed by atoms with Crippen molar-refractivity contribution in [2.24, 2.45) is 29.1 Å². The molecule has 13 nitrogen and oxygen atoms in total. The summed E-state index contributed by atoms with van der Waals surface area (Å²) in [5.41, 5.74) is 3.93. The lowest BCUT2D eigenvalue weighted by Crippen LogP contribution is -2.50. The zero-order valence-corrected chi connectivity index (χ0v) is 40.3. The van der Waals surface area contributed by atoms with E-state index < -0.39 is 35.4 Å². The summed E-state index contributed by atoms with van der Waals surface area (Å²) < 4.78 is 11.8. The molecule has 4 aliphatic rings. The molecule has 370 valence electrons. The number of H-pyrrole nitrogens is 1. The van der Waals surface area contributed by atoms with Gasteiger partial charge in [0, 0.05) is 54.3 Å². The number of aliphatic hydroxyl groups is 2. The van der Waals surface area contributed by atoms with E-state index in [1.54, 1.807) is 36.4 Å². The van der Waals surface area contributed by atoms with Crippen LogP contribution in [0.3, 0.4) is 0 Å². The van der Waals surface area contributed by atoms with Crippen LogP contribution in [0.25, 0.3) is 10.8 Å². The minimum atomic E-state index is -1.19. The SMILES string of the molecule is CNCC1CC(c2cc(O)c(O)c(OCC3C=CCC(C)C3)c2)CC(=O)C(C(O)CCc2ccc(O)c(OC)c2)C2(CCC(O)C2Cc2ccc[nH]2)C2=CCNC(=C2)Nc2ccc3cc(O)ccc3c21. The van der Waals surface area contributed by atoms with Crippen LogP contribution in [0, 0.1) is 29.1 Å². The zero-order chi connectivity index (χ0) is 49.1. The highest BCUT2D eigenvalue weighted by molar-refractivity contribution is 5.92. The second kappa shape index (κ2) is 20.9. The number of fused-ring (bicyclic) bond motifs is 5. The van der Waals surface area contributed by atoms with Gasteiger partial charge in [0.15, 0.2) is 23.0 Å². The maximum absolute atomic E-state index is 16.3. The maximum Gasteiger partial charge on any atom is 0.200 e. The molecule has 0 saturated heterocycles. The first-order valence-electron chi connectivity index (χ1n) is 24.9. The summed E-state index contributed by atoms with van der Waals surface area (Å²) in [6.07, 6.45) is 12.4. The van der Waals surface area contributed by atoms with E-state index in [4.69, 9.17) is 9.47 Å². The fourth-order valence-corrected chi connectivity index (χ4v) is 12.3. The first-order chi connectivity index (χ1) is 33.8. The molecule has 1 aromatic heterocycles. The number of anilines is 1. The number of aromatic amines is 1. The summed E-state index contributed by atoms with van der Waals surface area (Å²) in [7, 11) is 3.38. The topological polar surface area (TPSA) is 209 Å². The molecule has 10 N–H and O–H groups in total.